The number of hydroxylamine groups is 1. The van der Waals surface area contributed by atoms with E-state index in [2.05, 4.69) is 43.9 Å². The zero-order chi connectivity index (χ0) is 26.0. The van der Waals surface area contributed by atoms with Crippen molar-refractivity contribution in [2.45, 2.75) is 38.5 Å². The summed E-state index contributed by atoms with van der Waals surface area (Å²) in [5.74, 6) is 0.129. The van der Waals surface area contributed by atoms with Crippen LogP contribution in [0.25, 0.3) is 0 Å². The Balaban J connectivity index is 1.35. The maximum absolute atomic E-state index is 13.9. The minimum atomic E-state index is -4.64. The largest absolute Gasteiger partial charge is 0.421 e. The summed E-state index contributed by atoms with van der Waals surface area (Å²) in [4.78, 5) is 23.0. The smallest absolute Gasteiger partial charge is 0.368 e. The molecular formula is C26H30F3N7O. The molecule has 0 spiro atoms. The number of anilines is 4. The number of hydrogen-bond acceptors (Lipinski definition) is 8. The summed E-state index contributed by atoms with van der Waals surface area (Å²) in [6.45, 7) is 8.49. The van der Waals surface area contributed by atoms with Gasteiger partial charge in [-0.2, -0.15) is 18.2 Å². The fourth-order valence-corrected chi connectivity index (χ4v) is 4.72. The van der Waals surface area contributed by atoms with Crippen molar-refractivity contribution in [3.8, 4) is 0 Å². The molecule has 1 atom stereocenters. The van der Waals surface area contributed by atoms with Crippen molar-refractivity contribution in [1.29, 1.82) is 0 Å². The molecule has 11 heteroatoms. The Kier molecular flexibility index (Phi) is 7.16. The Labute approximate surface area is 214 Å². The number of rotatable bonds is 6. The number of piperazine rings is 1. The van der Waals surface area contributed by atoms with Crippen LogP contribution in [-0.2, 0) is 11.0 Å². The second-order valence-corrected chi connectivity index (χ2v) is 9.45. The molecule has 2 aliphatic rings. The van der Waals surface area contributed by atoms with E-state index in [-0.39, 0.29) is 18.4 Å². The highest BCUT2D eigenvalue weighted by Gasteiger charge is 2.40. The van der Waals surface area contributed by atoms with Gasteiger partial charge in [0.1, 0.15) is 11.4 Å². The lowest BCUT2D eigenvalue weighted by Gasteiger charge is -2.38. The highest BCUT2D eigenvalue weighted by molar-refractivity contribution is 5.57. The lowest BCUT2D eigenvalue weighted by atomic mass is 10.0. The van der Waals surface area contributed by atoms with Crippen molar-refractivity contribution in [2.75, 3.05) is 48.1 Å². The Morgan fingerprint density at radius 2 is 1.73 bits per heavy atom. The Hall–Kier alpha value is -3.44. The van der Waals surface area contributed by atoms with Crippen LogP contribution in [0.4, 0.5) is 36.4 Å². The molecule has 1 N–H and O–H groups in total. The van der Waals surface area contributed by atoms with Gasteiger partial charge in [-0.3, -0.25) is 9.74 Å². The Morgan fingerprint density at radius 1 is 0.973 bits per heavy atom. The molecule has 37 heavy (non-hydrogen) atoms. The topological polar surface area (TPSA) is 69.7 Å². The first kappa shape index (κ1) is 25.2. The van der Waals surface area contributed by atoms with Crippen LogP contribution in [0.5, 0.6) is 0 Å². The summed E-state index contributed by atoms with van der Waals surface area (Å²) >= 11 is 0. The molecule has 2 saturated heterocycles. The Bertz CT molecular complexity index is 1180. The van der Waals surface area contributed by atoms with Gasteiger partial charge in [-0.25, -0.2) is 15.0 Å². The maximum Gasteiger partial charge on any atom is 0.421 e. The number of halogens is 3. The molecule has 1 aromatic carbocycles. The molecule has 2 aliphatic heterocycles. The van der Waals surface area contributed by atoms with E-state index in [1.807, 2.05) is 36.4 Å². The first-order chi connectivity index (χ1) is 17.8. The number of alkyl halides is 3. The summed E-state index contributed by atoms with van der Waals surface area (Å²) in [6, 6.07) is 13.2. The van der Waals surface area contributed by atoms with Gasteiger partial charge >= 0.3 is 6.18 Å². The minimum Gasteiger partial charge on any atom is -0.368 e. The van der Waals surface area contributed by atoms with Crippen molar-refractivity contribution in [3.05, 3.63) is 66.0 Å². The third-order valence-corrected chi connectivity index (χ3v) is 6.77. The van der Waals surface area contributed by atoms with E-state index < -0.39 is 17.8 Å². The van der Waals surface area contributed by atoms with E-state index >= 15 is 0 Å². The van der Waals surface area contributed by atoms with Crippen LogP contribution < -0.4 is 15.3 Å². The molecule has 8 nitrogen and oxygen atoms in total. The van der Waals surface area contributed by atoms with Crippen LogP contribution >= 0.6 is 0 Å². The second-order valence-electron chi connectivity index (χ2n) is 9.45. The first-order valence-electron chi connectivity index (χ1n) is 12.4. The number of benzene rings is 1. The molecule has 2 aromatic heterocycles. The van der Waals surface area contributed by atoms with Crippen molar-refractivity contribution < 1.29 is 18.0 Å². The van der Waals surface area contributed by atoms with Crippen molar-refractivity contribution in [1.82, 2.24) is 19.9 Å². The van der Waals surface area contributed by atoms with E-state index in [9.17, 15) is 13.2 Å². The van der Waals surface area contributed by atoms with Crippen LogP contribution in [0.3, 0.4) is 0 Å². The van der Waals surface area contributed by atoms with E-state index in [0.717, 1.165) is 43.6 Å². The highest BCUT2D eigenvalue weighted by atomic mass is 19.4. The van der Waals surface area contributed by atoms with E-state index in [0.29, 0.717) is 18.3 Å². The zero-order valence-corrected chi connectivity index (χ0v) is 20.8. The SMILES string of the molecule is CC(C)N1CCN(c2ccc(Nc3ncc(C(F)(F)F)c(N4OCC[C@H]4c4ccccc4)n3)nc2)CC1. The van der Waals surface area contributed by atoms with Gasteiger partial charge in [0, 0.05) is 44.8 Å². The molecular weight excluding hydrogens is 483 g/mol. The molecule has 0 unspecified atom stereocenters. The van der Waals surface area contributed by atoms with Gasteiger partial charge in [0.2, 0.25) is 5.95 Å². The van der Waals surface area contributed by atoms with Crippen molar-refractivity contribution >= 4 is 23.3 Å². The molecule has 2 fully saturated rings. The summed E-state index contributed by atoms with van der Waals surface area (Å²) in [5, 5.41) is 4.19. The van der Waals surface area contributed by atoms with E-state index in [1.165, 1.54) is 5.06 Å². The normalized spacial score (nSPS) is 19.0. The highest BCUT2D eigenvalue weighted by Crippen LogP contribution is 2.41. The number of aromatic nitrogens is 3. The molecule has 196 valence electrons. The molecule has 0 bridgehead atoms. The van der Waals surface area contributed by atoms with Gasteiger partial charge in [-0.05, 0) is 31.5 Å². The lowest BCUT2D eigenvalue weighted by molar-refractivity contribution is -0.138. The van der Waals surface area contributed by atoms with Gasteiger partial charge in [0.15, 0.2) is 5.82 Å². The number of hydrogen-bond donors (Lipinski definition) is 1. The van der Waals surface area contributed by atoms with Gasteiger partial charge in [0.25, 0.3) is 0 Å². The Morgan fingerprint density at radius 3 is 2.38 bits per heavy atom. The van der Waals surface area contributed by atoms with Crippen LogP contribution in [-0.4, -0.2) is 58.7 Å². The summed E-state index contributed by atoms with van der Waals surface area (Å²) in [7, 11) is 0. The van der Waals surface area contributed by atoms with Gasteiger partial charge in [-0.15, -0.1) is 0 Å². The summed E-state index contributed by atoms with van der Waals surface area (Å²) in [6.07, 6.45) is -1.55. The van der Waals surface area contributed by atoms with Crippen LogP contribution in [0.2, 0.25) is 0 Å². The number of pyridine rings is 1. The molecule has 0 radical (unpaired) electrons. The molecule has 0 aliphatic carbocycles. The first-order valence-corrected chi connectivity index (χ1v) is 12.4. The van der Waals surface area contributed by atoms with Crippen LogP contribution in [0.1, 0.15) is 37.4 Å². The van der Waals surface area contributed by atoms with Gasteiger partial charge in [-0.1, -0.05) is 30.3 Å². The summed E-state index contributed by atoms with van der Waals surface area (Å²) < 4.78 is 41.6. The molecule has 3 aromatic rings. The van der Waals surface area contributed by atoms with E-state index in [4.69, 9.17) is 4.84 Å². The monoisotopic (exact) mass is 513 g/mol. The second kappa shape index (κ2) is 10.5. The van der Waals surface area contributed by atoms with Crippen molar-refractivity contribution in [2.24, 2.45) is 0 Å². The minimum absolute atomic E-state index is 0.0103. The van der Waals surface area contributed by atoms with Crippen LogP contribution in [0.15, 0.2) is 54.9 Å². The van der Waals surface area contributed by atoms with Gasteiger partial charge in [0.05, 0.1) is 24.5 Å². The molecule has 0 amide bonds. The molecule has 4 heterocycles. The molecule has 0 saturated carbocycles. The number of nitrogens with one attached hydrogen (secondary N) is 1. The lowest BCUT2D eigenvalue weighted by Crippen LogP contribution is -2.48. The van der Waals surface area contributed by atoms with Crippen LogP contribution in [0, 0.1) is 0 Å². The fourth-order valence-electron chi connectivity index (χ4n) is 4.72. The van der Waals surface area contributed by atoms with E-state index in [1.54, 1.807) is 12.3 Å². The third kappa shape index (κ3) is 5.62. The standard InChI is InChI=1S/C26H30F3N7O/c1-18(2)34-11-13-35(14-12-34)20-8-9-23(30-16-20)32-25-31-17-21(26(27,28)29)24(33-25)36-22(10-15-37-36)19-6-4-3-5-7-19/h3-9,16-18,22H,10-15H2,1-2H3,(H,30,31,32,33)/t22-/m0/s1. The zero-order valence-electron chi connectivity index (χ0n) is 20.8. The summed E-state index contributed by atoms with van der Waals surface area (Å²) in [5.41, 5.74) is 0.900. The average Bonchev–Trinajstić information content (AvgIpc) is 3.39. The van der Waals surface area contributed by atoms with Crippen molar-refractivity contribution in [3.63, 3.8) is 0 Å². The number of nitrogens with zero attached hydrogens (tertiary/aromatic N) is 6. The maximum atomic E-state index is 13.9. The average molecular weight is 514 g/mol. The fraction of sp³-hybridized carbons (Fsp3) is 0.423. The quantitative estimate of drug-likeness (QED) is 0.491. The van der Waals surface area contributed by atoms with Gasteiger partial charge < -0.3 is 10.2 Å². The predicted molar refractivity (Wildman–Crippen MR) is 136 cm³/mol. The third-order valence-electron chi connectivity index (χ3n) is 6.77. The molecule has 5 rings (SSSR count). The predicted octanol–water partition coefficient (Wildman–Crippen LogP) is 5.05.